The summed E-state index contributed by atoms with van der Waals surface area (Å²) in [5.41, 5.74) is 1.76. The molecule has 162 valence electrons. The maximum Gasteiger partial charge on any atom is 0.336 e. The number of halogens is 1. The topological polar surface area (TPSA) is 85.2 Å². The molecule has 2 aromatic rings. The van der Waals surface area contributed by atoms with Crippen molar-refractivity contribution in [1.82, 2.24) is 0 Å². The zero-order valence-electron chi connectivity index (χ0n) is 17.4. The molecule has 1 aliphatic heterocycles. The first-order valence-corrected chi connectivity index (χ1v) is 10.4. The van der Waals surface area contributed by atoms with Gasteiger partial charge in [-0.3, -0.25) is 9.79 Å². The van der Waals surface area contributed by atoms with Crippen LogP contribution in [0.1, 0.15) is 31.7 Å². The lowest BCUT2D eigenvalue weighted by Crippen LogP contribution is -2.35. The summed E-state index contributed by atoms with van der Waals surface area (Å²) in [7, 11) is 0. The van der Waals surface area contributed by atoms with Gasteiger partial charge in [-0.1, -0.05) is 41.9 Å². The van der Waals surface area contributed by atoms with Gasteiger partial charge in [0.15, 0.2) is 0 Å². The van der Waals surface area contributed by atoms with Crippen molar-refractivity contribution in [1.29, 1.82) is 0 Å². The van der Waals surface area contributed by atoms with E-state index in [-0.39, 0.29) is 12.2 Å². The first kappa shape index (κ1) is 22.6. The highest BCUT2D eigenvalue weighted by Crippen LogP contribution is 2.40. The number of rotatable bonds is 8. The number of carbonyl (C=O) groups is 2. The van der Waals surface area contributed by atoms with Crippen LogP contribution in [0.15, 0.2) is 70.9 Å². The summed E-state index contributed by atoms with van der Waals surface area (Å²) in [5, 5.41) is 10.3. The Morgan fingerprint density at radius 2 is 1.81 bits per heavy atom. The zero-order chi connectivity index (χ0) is 22.4. The van der Waals surface area contributed by atoms with Crippen LogP contribution in [0.2, 0.25) is 5.02 Å². The molecule has 6 nitrogen and oxygen atoms in total. The summed E-state index contributed by atoms with van der Waals surface area (Å²) in [6.45, 7) is 3.88. The van der Waals surface area contributed by atoms with Crippen LogP contribution < -0.4 is 4.74 Å². The number of hydrogen-bond donors (Lipinski definition) is 1. The fourth-order valence-electron chi connectivity index (χ4n) is 3.69. The van der Waals surface area contributed by atoms with Crippen molar-refractivity contribution in [2.75, 3.05) is 13.2 Å². The lowest BCUT2D eigenvalue weighted by molar-refractivity contribution is -0.141. The summed E-state index contributed by atoms with van der Waals surface area (Å²) in [6, 6.07) is 16.2. The summed E-state index contributed by atoms with van der Waals surface area (Å²) in [4.78, 5) is 29.3. The third-order valence-corrected chi connectivity index (χ3v) is 5.29. The monoisotopic (exact) mass is 441 g/mol. The van der Waals surface area contributed by atoms with Crippen molar-refractivity contribution in [3.8, 4) is 5.75 Å². The maximum absolute atomic E-state index is 13.0. The van der Waals surface area contributed by atoms with Gasteiger partial charge in [-0.15, -0.1) is 0 Å². The van der Waals surface area contributed by atoms with E-state index in [1.165, 1.54) is 0 Å². The number of carbonyl (C=O) groups excluding carboxylic acids is 1. The van der Waals surface area contributed by atoms with Crippen LogP contribution in [0, 0.1) is 5.92 Å². The van der Waals surface area contributed by atoms with Gasteiger partial charge in [-0.05, 0) is 43.7 Å². The van der Waals surface area contributed by atoms with E-state index in [4.69, 9.17) is 21.1 Å². The summed E-state index contributed by atoms with van der Waals surface area (Å²) < 4.78 is 11.1. The van der Waals surface area contributed by atoms with Crippen molar-refractivity contribution < 1.29 is 24.2 Å². The quantitative estimate of drug-likeness (QED) is 0.466. The first-order chi connectivity index (χ1) is 14.9. The predicted octanol–water partition coefficient (Wildman–Crippen LogP) is 4.89. The molecule has 2 atom stereocenters. The Balaban J connectivity index is 1.74. The highest BCUT2D eigenvalue weighted by molar-refractivity contribution is 6.30. The van der Waals surface area contributed by atoms with Gasteiger partial charge in [0, 0.05) is 28.8 Å². The molecule has 7 heteroatoms. The van der Waals surface area contributed by atoms with E-state index in [0.717, 1.165) is 5.75 Å². The Kier molecular flexibility index (Phi) is 7.47. The van der Waals surface area contributed by atoms with Crippen LogP contribution in [0.3, 0.4) is 0 Å². The molecule has 1 heterocycles. The van der Waals surface area contributed by atoms with Gasteiger partial charge in [0.25, 0.3) is 0 Å². The minimum Gasteiger partial charge on any atom is -0.493 e. The number of benzene rings is 2. The van der Waals surface area contributed by atoms with Gasteiger partial charge >= 0.3 is 11.9 Å². The number of aliphatic carboxylic acids is 1. The minimum atomic E-state index is -1.06. The van der Waals surface area contributed by atoms with Gasteiger partial charge in [0.05, 0.1) is 18.8 Å². The smallest absolute Gasteiger partial charge is 0.336 e. The van der Waals surface area contributed by atoms with Crippen LogP contribution in [0.25, 0.3) is 0 Å². The molecule has 0 amide bonds. The molecular formula is C24H24ClNO5. The minimum absolute atomic E-state index is 0.144. The molecule has 1 aliphatic rings. The van der Waals surface area contributed by atoms with Crippen molar-refractivity contribution in [2.45, 2.75) is 26.2 Å². The van der Waals surface area contributed by atoms with Gasteiger partial charge in [-0.2, -0.15) is 0 Å². The predicted molar refractivity (Wildman–Crippen MR) is 119 cm³/mol. The molecule has 0 fully saturated rings. The van der Waals surface area contributed by atoms with E-state index in [2.05, 4.69) is 4.99 Å². The molecule has 0 spiro atoms. The van der Waals surface area contributed by atoms with Crippen LogP contribution in [-0.2, 0) is 14.3 Å². The van der Waals surface area contributed by atoms with Gasteiger partial charge in [0.2, 0.25) is 0 Å². The average molecular weight is 442 g/mol. The Labute approximate surface area is 186 Å². The van der Waals surface area contributed by atoms with Crippen LogP contribution in [0.5, 0.6) is 5.75 Å². The van der Waals surface area contributed by atoms with E-state index in [9.17, 15) is 14.7 Å². The second-order valence-electron chi connectivity index (χ2n) is 7.25. The second kappa shape index (κ2) is 10.3. The van der Waals surface area contributed by atoms with Crippen LogP contribution in [0.4, 0.5) is 0 Å². The van der Waals surface area contributed by atoms with Crippen molar-refractivity contribution in [2.24, 2.45) is 10.9 Å². The molecule has 2 unspecified atom stereocenters. The standard InChI is InChI=1S/C24H24ClNO5/c1-15-20(23(27)28)22(17-8-6-9-18(25)14-17)21(16(2)26-15)24(29)31-13-7-12-30-19-10-4-3-5-11-19/h3-6,8-11,14,20,22H,7,12-13H2,1-2H3,(H,27,28). The normalized spacial score (nSPS) is 18.4. The second-order valence-corrected chi connectivity index (χ2v) is 7.69. The fraction of sp³-hybridized carbons (Fsp3) is 0.292. The average Bonchev–Trinajstić information content (AvgIpc) is 2.73. The Hall–Kier alpha value is -3.12. The number of esters is 1. The number of allylic oxidation sites excluding steroid dienone is 1. The zero-order valence-corrected chi connectivity index (χ0v) is 18.1. The van der Waals surface area contributed by atoms with Gasteiger partial charge < -0.3 is 14.6 Å². The van der Waals surface area contributed by atoms with E-state index in [1.807, 2.05) is 30.3 Å². The molecule has 0 aliphatic carbocycles. The lowest BCUT2D eigenvalue weighted by atomic mass is 9.75. The summed E-state index contributed by atoms with van der Waals surface area (Å²) in [6.07, 6.45) is 0.499. The number of carboxylic acid groups (broad SMARTS) is 1. The highest BCUT2D eigenvalue weighted by atomic mass is 35.5. The number of ether oxygens (including phenoxy) is 2. The molecule has 1 N–H and O–H groups in total. The van der Waals surface area contributed by atoms with Crippen LogP contribution in [-0.4, -0.2) is 36.0 Å². The SMILES string of the molecule is CC1=NC(C)=C(C(=O)OCCCOc2ccccc2)C(c2cccc(Cl)c2)C1C(=O)O. The molecule has 2 aromatic carbocycles. The van der Waals surface area contributed by atoms with Gasteiger partial charge in [0.1, 0.15) is 11.7 Å². The fourth-order valence-corrected chi connectivity index (χ4v) is 3.89. The molecule has 0 aromatic heterocycles. The van der Waals surface area contributed by atoms with E-state index in [0.29, 0.717) is 35.0 Å². The third kappa shape index (κ3) is 5.52. The largest absolute Gasteiger partial charge is 0.493 e. The maximum atomic E-state index is 13.0. The van der Waals surface area contributed by atoms with Crippen molar-refractivity contribution in [3.63, 3.8) is 0 Å². The molecule has 0 saturated carbocycles. The van der Waals surface area contributed by atoms with Crippen molar-refractivity contribution in [3.05, 3.63) is 76.5 Å². The summed E-state index contributed by atoms with van der Waals surface area (Å²) in [5.74, 6) is -2.60. The van der Waals surface area contributed by atoms with E-state index >= 15 is 0 Å². The number of aliphatic imine (C=N–C) groups is 1. The van der Waals surface area contributed by atoms with E-state index in [1.54, 1.807) is 38.1 Å². The molecule has 3 rings (SSSR count). The Bertz CT molecular complexity index is 1020. The lowest BCUT2D eigenvalue weighted by Gasteiger charge is -2.30. The number of carboxylic acids is 1. The molecule has 0 bridgehead atoms. The summed E-state index contributed by atoms with van der Waals surface area (Å²) >= 11 is 6.14. The first-order valence-electron chi connectivity index (χ1n) is 9.97. The molecule has 0 radical (unpaired) electrons. The highest BCUT2D eigenvalue weighted by Gasteiger charge is 2.41. The number of para-hydroxylation sites is 1. The van der Waals surface area contributed by atoms with E-state index < -0.39 is 23.8 Å². The third-order valence-electron chi connectivity index (χ3n) is 5.06. The number of hydrogen-bond acceptors (Lipinski definition) is 5. The Morgan fingerprint density at radius 3 is 2.48 bits per heavy atom. The van der Waals surface area contributed by atoms with Crippen LogP contribution >= 0.6 is 11.6 Å². The van der Waals surface area contributed by atoms with Crippen molar-refractivity contribution >= 4 is 29.3 Å². The molecular weight excluding hydrogens is 418 g/mol. The molecule has 31 heavy (non-hydrogen) atoms. The Morgan fingerprint density at radius 1 is 1.06 bits per heavy atom. The van der Waals surface area contributed by atoms with Gasteiger partial charge in [-0.25, -0.2) is 4.79 Å². The molecule has 0 saturated heterocycles. The number of nitrogens with zero attached hydrogens (tertiary/aromatic N) is 1.